The number of fused-ring (bicyclic) bond motifs is 3. The van der Waals surface area contributed by atoms with E-state index in [1.807, 2.05) is 60.7 Å². The molecule has 71 heavy (non-hydrogen) atoms. The summed E-state index contributed by atoms with van der Waals surface area (Å²) in [6, 6.07) is 20.1. The van der Waals surface area contributed by atoms with E-state index in [1.54, 1.807) is 17.0 Å². The molecular weight excluding hydrogens is 903 g/mol. The molecule has 4 aliphatic rings. The largest absolute Gasteiger partial charge is 0.459 e. The summed E-state index contributed by atoms with van der Waals surface area (Å²) in [4.78, 5) is 35.8. The van der Waals surface area contributed by atoms with Crippen LogP contribution in [0, 0.1) is 17.8 Å². The Kier molecular flexibility index (Phi) is 20.5. The topological polar surface area (TPSA) is 167 Å². The Morgan fingerprint density at radius 1 is 0.845 bits per heavy atom. The second-order valence-electron chi connectivity index (χ2n) is 19.3. The molecule has 2 heterocycles. The van der Waals surface area contributed by atoms with Gasteiger partial charge in [0.25, 0.3) is 0 Å². The fourth-order valence-electron chi connectivity index (χ4n) is 11.1. The van der Waals surface area contributed by atoms with Crippen LogP contribution in [0.5, 0.6) is 23.0 Å². The summed E-state index contributed by atoms with van der Waals surface area (Å²) in [5.41, 5.74) is 4.09. The van der Waals surface area contributed by atoms with Gasteiger partial charge in [-0.2, -0.15) is 0 Å². The van der Waals surface area contributed by atoms with Crippen molar-refractivity contribution >= 4 is 17.9 Å². The van der Waals surface area contributed by atoms with Crippen molar-refractivity contribution in [3.63, 3.8) is 0 Å². The third-order valence-corrected chi connectivity index (χ3v) is 14.5. The molecule has 0 spiro atoms. The number of methoxy groups -OCH3 is 1. The summed E-state index contributed by atoms with van der Waals surface area (Å²) in [6.07, 6.45) is 19.4. The fourth-order valence-corrected chi connectivity index (χ4v) is 11.1. The first kappa shape index (κ1) is 53.2. The number of aliphatic hydroxyl groups is 2. The molecule has 6 unspecified atom stereocenters. The molecular formula is C57H77N3O11. The predicted molar refractivity (Wildman–Crippen MR) is 273 cm³/mol. The summed E-state index contributed by atoms with van der Waals surface area (Å²) in [5, 5.41) is 28.0. The van der Waals surface area contributed by atoms with E-state index in [0.717, 1.165) is 67.2 Å². The number of oxime groups is 1. The van der Waals surface area contributed by atoms with Gasteiger partial charge in [0.1, 0.15) is 24.1 Å². The minimum atomic E-state index is -1.53. The lowest BCUT2D eigenvalue weighted by Crippen LogP contribution is -2.70. The number of rotatable bonds is 29. The fraction of sp³-hybridized carbons (Fsp3) is 0.561. The minimum absolute atomic E-state index is 0.00898. The van der Waals surface area contributed by atoms with E-state index in [1.165, 1.54) is 52.1 Å². The second-order valence-corrected chi connectivity index (χ2v) is 19.3. The molecule has 3 aromatic rings. The molecule has 1 fully saturated rings. The molecule has 2 aliphatic heterocycles. The zero-order chi connectivity index (χ0) is 49.8. The minimum Gasteiger partial charge on any atom is -0.459 e. The average Bonchev–Trinajstić information content (AvgIpc) is 3.86. The molecule has 3 aromatic carbocycles. The molecule has 6 atom stereocenters. The van der Waals surface area contributed by atoms with Gasteiger partial charge in [0, 0.05) is 44.2 Å². The van der Waals surface area contributed by atoms with Crippen LogP contribution in [0.1, 0.15) is 139 Å². The van der Waals surface area contributed by atoms with E-state index in [-0.39, 0.29) is 63.9 Å². The van der Waals surface area contributed by atoms with Crippen LogP contribution in [0.4, 0.5) is 9.59 Å². The monoisotopic (exact) mass is 980 g/mol. The number of hydrogen-bond acceptors (Lipinski definition) is 12. The van der Waals surface area contributed by atoms with Crippen molar-refractivity contribution in [3.8, 4) is 23.0 Å². The van der Waals surface area contributed by atoms with Crippen LogP contribution in [0.15, 0.2) is 96.2 Å². The molecule has 0 bridgehead atoms. The lowest BCUT2D eigenvalue weighted by molar-refractivity contribution is -0.256. The Hall–Kier alpha value is -5.57. The number of unbranched alkanes of at least 4 members (excludes halogenated alkanes) is 11. The van der Waals surface area contributed by atoms with Gasteiger partial charge in [-0.05, 0) is 91.0 Å². The number of ether oxygens (including phenoxy) is 6. The Morgan fingerprint density at radius 3 is 2.30 bits per heavy atom. The van der Waals surface area contributed by atoms with E-state index in [4.69, 9.17) is 38.4 Å². The number of hydrogen-bond donors (Lipinski definition) is 3. The van der Waals surface area contributed by atoms with Crippen molar-refractivity contribution in [1.82, 2.24) is 10.2 Å². The Balaban J connectivity index is 1.27. The van der Waals surface area contributed by atoms with Crippen molar-refractivity contribution in [3.05, 3.63) is 108 Å². The van der Waals surface area contributed by atoms with Crippen molar-refractivity contribution in [1.29, 1.82) is 0 Å². The van der Waals surface area contributed by atoms with Gasteiger partial charge >= 0.3 is 12.2 Å². The van der Waals surface area contributed by atoms with Gasteiger partial charge in [0.2, 0.25) is 12.6 Å². The molecule has 2 amide bonds. The number of benzene rings is 3. The zero-order valence-electron chi connectivity index (χ0n) is 42.0. The molecule has 1 saturated carbocycles. The van der Waals surface area contributed by atoms with Crippen molar-refractivity contribution in [2.45, 2.75) is 147 Å². The Morgan fingerprint density at radius 2 is 1.56 bits per heavy atom. The van der Waals surface area contributed by atoms with Crippen LogP contribution < -0.4 is 24.3 Å². The number of carbonyl (C=O) groups is 2. The second kappa shape index (κ2) is 27.3. The van der Waals surface area contributed by atoms with Gasteiger partial charge in [0.15, 0.2) is 11.5 Å². The molecule has 0 aromatic heterocycles. The maximum atomic E-state index is 14.4. The quantitative estimate of drug-likeness (QED) is 0.0344. The van der Waals surface area contributed by atoms with Gasteiger partial charge in [0.05, 0.1) is 25.3 Å². The summed E-state index contributed by atoms with van der Waals surface area (Å²) in [5.74, 6) is -0.346. The van der Waals surface area contributed by atoms with Gasteiger partial charge in [-0.25, -0.2) is 9.59 Å². The molecule has 14 nitrogen and oxygen atoms in total. The van der Waals surface area contributed by atoms with E-state index < -0.39 is 29.9 Å². The van der Waals surface area contributed by atoms with Crippen LogP contribution in [0.3, 0.4) is 0 Å². The molecule has 386 valence electrons. The number of aliphatic hydroxyl groups excluding tert-OH is 2. The smallest absolute Gasteiger partial charge is 0.412 e. The summed E-state index contributed by atoms with van der Waals surface area (Å²) >= 11 is 0. The van der Waals surface area contributed by atoms with Gasteiger partial charge < -0.3 is 48.8 Å². The van der Waals surface area contributed by atoms with Crippen LogP contribution in [0.25, 0.3) is 0 Å². The van der Waals surface area contributed by atoms with E-state index >= 15 is 0 Å². The SMILES string of the molecule is C=CCOC12Oc3ccc(OC(=O)NCCCCCCCCCCCC)cc3C3C(CCCCO)C(CCCCO)C=C(C(=NOCc4ccccc4)CC1N(Cc1ccc4c(c1)OCO4)C(=O)OC)C32. The highest BCUT2D eigenvalue weighted by molar-refractivity contribution is 6.03. The van der Waals surface area contributed by atoms with E-state index in [0.29, 0.717) is 48.1 Å². The highest BCUT2D eigenvalue weighted by Gasteiger charge is 2.65. The highest BCUT2D eigenvalue weighted by atomic mass is 16.7. The van der Waals surface area contributed by atoms with Crippen LogP contribution >= 0.6 is 0 Å². The van der Waals surface area contributed by atoms with E-state index in [9.17, 15) is 19.8 Å². The first-order valence-corrected chi connectivity index (χ1v) is 26.3. The van der Waals surface area contributed by atoms with Gasteiger partial charge in [-0.1, -0.05) is 131 Å². The first-order valence-electron chi connectivity index (χ1n) is 26.3. The molecule has 2 aliphatic carbocycles. The van der Waals surface area contributed by atoms with E-state index in [2.05, 4.69) is 24.9 Å². The molecule has 0 saturated heterocycles. The van der Waals surface area contributed by atoms with Crippen molar-refractivity contribution in [2.24, 2.45) is 22.9 Å². The molecule has 3 N–H and O–H groups in total. The van der Waals surface area contributed by atoms with Crippen LogP contribution in [-0.4, -0.2) is 85.1 Å². The Labute approximate surface area is 420 Å². The lowest BCUT2D eigenvalue weighted by atomic mass is 9.55. The third kappa shape index (κ3) is 13.7. The number of nitrogens with zero attached hydrogens (tertiary/aromatic N) is 2. The van der Waals surface area contributed by atoms with Crippen LogP contribution in [0.2, 0.25) is 0 Å². The predicted octanol–water partition coefficient (Wildman–Crippen LogP) is 11.5. The number of nitrogens with one attached hydrogen (secondary N) is 1. The highest BCUT2D eigenvalue weighted by Crippen LogP contribution is 2.62. The van der Waals surface area contributed by atoms with Gasteiger partial charge in [-0.3, -0.25) is 4.90 Å². The normalized spacial score (nSPS) is 22.1. The molecule has 7 rings (SSSR count). The number of amides is 2. The van der Waals surface area contributed by atoms with Crippen LogP contribution in [-0.2, 0) is 27.5 Å². The maximum Gasteiger partial charge on any atom is 0.412 e. The lowest BCUT2D eigenvalue weighted by Gasteiger charge is -2.59. The Bertz CT molecular complexity index is 2230. The standard InChI is InChI=1S/C57H77N3O11/c1-4-6-7-8-9-10-11-12-13-19-30-58-55(63)70-44-27-29-49-47(36-44)53-45(25-18-21-32-62)43(24-17-20-31-61)35-46-48(59-69-39-41-22-15-14-16-23-41)37-52(57(71-49,54(46)53)68-33-5-2)60(56(64)65-3)38-42-26-28-50-51(34-42)67-40-66-50/h5,14-16,22-23,26-29,34-36,43,45,52-54,61-62H,2,4,6-13,17-21,24-25,30-33,37-40H2,1,3H3,(H,58,63). The maximum absolute atomic E-state index is 14.4. The molecule has 14 heteroatoms. The summed E-state index contributed by atoms with van der Waals surface area (Å²) in [6.45, 7) is 7.46. The molecule has 0 radical (unpaired) electrons. The van der Waals surface area contributed by atoms with Crippen molar-refractivity contribution < 1.29 is 53.1 Å². The summed E-state index contributed by atoms with van der Waals surface area (Å²) in [7, 11) is 1.36. The average molecular weight is 980 g/mol. The summed E-state index contributed by atoms with van der Waals surface area (Å²) < 4.78 is 37.5. The zero-order valence-corrected chi connectivity index (χ0v) is 42.0. The van der Waals surface area contributed by atoms with Crippen molar-refractivity contribution in [2.75, 3.05) is 40.3 Å². The first-order chi connectivity index (χ1) is 34.8. The number of carbonyl (C=O) groups excluding carboxylic acids is 2. The number of allylic oxidation sites excluding steroid dienone is 1. The third-order valence-electron chi connectivity index (χ3n) is 14.5. The van der Waals surface area contributed by atoms with Gasteiger partial charge in [-0.15, -0.1) is 6.58 Å².